The van der Waals surface area contributed by atoms with Crippen LogP contribution in [0, 0.1) is 0 Å². The second-order valence-corrected chi connectivity index (χ2v) is 4.97. The molecular formula is C14H20N2O3. The Labute approximate surface area is 113 Å². The summed E-state index contributed by atoms with van der Waals surface area (Å²) in [6.07, 6.45) is 0.875. The van der Waals surface area contributed by atoms with Crippen LogP contribution in [0.1, 0.15) is 5.56 Å². The van der Waals surface area contributed by atoms with Crippen molar-refractivity contribution in [2.45, 2.75) is 6.42 Å². The van der Waals surface area contributed by atoms with Crippen LogP contribution in [0.3, 0.4) is 0 Å². The highest BCUT2D eigenvalue weighted by atomic mass is 16.6. The third-order valence-corrected chi connectivity index (χ3v) is 3.61. The molecule has 1 saturated heterocycles. The van der Waals surface area contributed by atoms with Crippen molar-refractivity contribution >= 4 is 0 Å². The SMILES string of the molecule is Oc1cc(CCN2CCNCC2)c2c(c1)OCCO2. The largest absolute Gasteiger partial charge is 0.508 e. The van der Waals surface area contributed by atoms with E-state index in [0.717, 1.165) is 50.5 Å². The number of ether oxygens (including phenoxy) is 2. The van der Waals surface area contributed by atoms with Crippen molar-refractivity contribution < 1.29 is 14.6 Å². The lowest BCUT2D eigenvalue weighted by atomic mass is 10.1. The maximum absolute atomic E-state index is 9.75. The van der Waals surface area contributed by atoms with E-state index in [-0.39, 0.29) is 5.75 Å². The third-order valence-electron chi connectivity index (χ3n) is 3.61. The van der Waals surface area contributed by atoms with Gasteiger partial charge in [0.15, 0.2) is 11.5 Å². The Hall–Kier alpha value is -1.46. The number of hydrogen-bond acceptors (Lipinski definition) is 5. The van der Waals surface area contributed by atoms with Gasteiger partial charge in [-0.15, -0.1) is 0 Å². The fourth-order valence-electron chi connectivity index (χ4n) is 2.61. The maximum atomic E-state index is 9.75. The second-order valence-electron chi connectivity index (χ2n) is 4.97. The first-order valence-corrected chi connectivity index (χ1v) is 6.87. The Bertz CT molecular complexity index is 445. The molecule has 0 aromatic heterocycles. The van der Waals surface area contributed by atoms with Crippen molar-refractivity contribution in [3.8, 4) is 17.2 Å². The quantitative estimate of drug-likeness (QED) is 0.838. The molecule has 0 unspecified atom stereocenters. The minimum absolute atomic E-state index is 0.250. The molecule has 3 rings (SSSR count). The smallest absolute Gasteiger partial charge is 0.165 e. The zero-order valence-electron chi connectivity index (χ0n) is 11.0. The van der Waals surface area contributed by atoms with Gasteiger partial charge in [-0.1, -0.05) is 0 Å². The lowest BCUT2D eigenvalue weighted by molar-refractivity contribution is 0.168. The first-order valence-electron chi connectivity index (χ1n) is 6.87. The van der Waals surface area contributed by atoms with Crippen molar-refractivity contribution in [2.75, 3.05) is 45.9 Å². The number of phenols is 1. The predicted octanol–water partition coefficient (Wildman–Crippen LogP) is 0.611. The summed E-state index contributed by atoms with van der Waals surface area (Å²) >= 11 is 0. The standard InChI is InChI=1S/C14H20N2O3/c17-12-9-11(1-4-16-5-2-15-3-6-16)14-13(10-12)18-7-8-19-14/h9-10,15,17H,1-8H2. The molecule has 2 aliphatic heterocycles. The summed E-state index contributed by atoms with van der Waals surface area (Å²) in [5.41, 5.74) is 1.04. The van der Waals surface area contributed by atoms with E-state index >= 15 is 0 Å². The molecule has 19 heavy (non-hydrogen) atoms. The summed E-state index contributed by atoms with van der Waals surface area (Å²) in [5, 5.41) is 13.1. The molecule has 2 aliphatic rings. The van der Waals surface area contributed by atoms with Crippen molar-refractivity contribution in [2.24, 2.45) is 0 Å². The number of aromatic hydroxyl groups is 1. The fourth-order valence-corrected chi connectivity index (χ4v) is 2.61. The average Bonchev–Trinajstić information content (AvgIpc) is 2.45. The molecule has 104 valence electrons. The van der Waals surface area contributed by atoms with Crippen LogP contribution in [-0.2, 0) is 6.42 Å². The molecule has 2 N–H and O–H groups in total. The molecule has 0 atom stereocenters. The second kappa shape index (κ2) is 5.67. The van der Waals surface area contributed by atoms with Crippen LogP contribution in [0.15, 0.2) is 12.1 Å². The third kappa shape index (κ3) is 2.93. The number of nitrogens with zero attached hydrogens (tertiary/aromatic N) is 1. The van der Waals surface area contributed by atoms with E-state index in [1.807, 2.05) is 0 Å². The van der Waals surface area contributed by atoms with Crippen LogP contribution in [0.4, 0.5) is 0 Å². The van der Waals surface area contributed by atoms with Crippen molar-refractivity contribution in [3.05, 3.63) is 17.7 Å². The molecule has 5 nitrogen and oxygen atoms in total. The van der Waals surface area contributed by atoms with E-state index in [0.29, 0.717) is 19.0 Å². The summed E-state index contributed by atoms with van der Waals surface area (Å²) in [6.45, 7) is 6.39. The van der Waals surface area contributed by atoms with Gasteiger partial charge in [0.2, 0.25) is 0 Å². The van der Waals surface area contributed by atoms with Crippen LogP contribution < -0.4 is 14.8 Å². The topological polar surface area (TPSA) is 54.0 Å². The highest BCUT2D eigenvalue weighted by Gasteiger charge is 2.18. The lowest BCUT2D eigenvalue weighted by Crippen LogP contribution is -2.44. The molecule has 0 spiro atoms. The van der Waals surface area contributed by atoms with Gasteiger partial charge in [0, 0.05) is 44.4 Å². The lowest BCUT2D eigenvalue weighted by Gasteiger charge is -2.28. The van der Waals surface area contributed by atoms with Gasteiger partial charge < -0.3 is 24.8 Å². The molecule has 0 amide bonds. The van der Waals surface area contributed by atoms with Crippen molar-refractivity contribution in [1.82, 2.24) is 10.2 Å². The van der Waals surface area contributed by atoms with Gasteiger partial charge in [-0.3, -0.25) is 0 Å². The summed E-state index contributed by atoms with van der Waals surface area (Å²) in [4.78, 5) is 2.43. The predicted molar refractivity (Wildman–Crippen MR) is 72.1 cm³/mol. The minimum atomic E-state index is 0.250. The molecule has 0 bridgehead atoms. The van der Waals surface area contributed by atoms with Gasteiger partial charge in [-0.2, -0.15) is 0 Å². The number of benzene rings is 1. The molecule has 2 heterocycles. The van der Waals surface area contributed by atoms with Crippen LogP contribution in [-0.4, -0.2) is 55.9 Å². The number of nitrogens with one attached hydrogen (secondary N) is 1. The Morgan fingerprint density at radius 1 is 1.16 bits per heavy atom. The highest BCUT2D eigenvalue weighted by molar-refractivity contribution is 5.52. The van der Waals surface area contributed by atoms with E-state index in [2.05, 4.69) is 10.2 Å². The summed E-state index contributed by atoms with van der Waals surface area (Å²) < 4.78 is 11.2. The normalized spacial score (nSPS) is 19.4. The van der Waals surface area contributed by atoms with Gasteiger partial charge in [-0.25, -0.2) is 0 Å². The van der Waals surface area contributed by atoms with Crippen LogP contribution in [0.5, 0.6) is 17.2 Å². The van der Waals surface area contributed by atoms with Crippen LogP contribution in [0.25, 0.3) is 0 Å². The molecular weight excluding hydrogens is 244 g/mol. The van der Waals surface area contributed by atoms with E-state index < -0.39 is 0 Å². The van der Waals surface area contributed by atoms with Gasteiger partial charge in [-0.05, 0) is 12.5 Å². The first kappa shape index (κ1) is 12.6. The molecule has 1 fully saturated rings. The highest BCUT2D eigenvalue weighted by Crippen LogP contribution is 2.37. The fraction of sp³-hybridized carbons (Fsp3) is 0.571. The van der Waals surface area contributed by atoms with Crippen LogP contribution >= 0.6 is 0 Å². The Morgan fingerprint density at radius 2 is 1.95 bits per heavy atom. The summed E-state index contributed by atoms with van der Waals surface area (Å²) in [7, 11) is 0. The minimum Gasteiger partial charge on any atom is -0.508 e. The van der Waals surface area contributed by atoms with Crippen molar-refractivity contribution in [1.29, 1.82) is 0 Å². The number of fused-ring (bicyclic) bond motifs is 1. The Morgan fingerprint density at radius 3 is 2.79 bits per heavy atom. The molecule has 0 radical (unpaired) electrons. The number of phenolic OH excluding ortho intramolecular Hbond substituents is 1. The van der Waals surface area contributed by atoms with Gasteiger partial charge >= 0.3 is 0 Å². The van der Waals surface area contributed by atoms with Gasteiger partial charge in [0.25, 0.3) is 0 Å². The van der Waals surface area contributed by atoms with E-state index in [9.17, 15) is 5.11 Å². The van der Waals surface area contributed by atoms with E-state index in [4.69, 9.17) is 9.47 Å². The monoisotopic (exact) mass is 264 g/mol. The van der Waals surface area contributed by atoms with E-state index in [1.54, 1.807) is 12.1 Å². The molecule has 5 heteroatoms. The first-order chi connectivity index (χ1) is 9.33. The van der Waals surface area contributed by atoms with Crippen LogP contribution in [0.2, 0.25) is 0 Å². The number of piperazine rings is 1. The average molecular weight is 264 g/mol. The van der Waals surface area contributed by atoms with Gasteiger partial charge in [0.05, 0.1) is 0 Å². The maximum Gasteiger partial charge on any atom is 0.165 e. The number of hydrogen-bond donors (Lipinski definition) is 2. The molecule has 1 aromatic carbocycles. The molecule has 0 aliphatic carbocycles. The Balaban J connectivity index is 1.70. The van der Waals surface area contributed by atoms with E-state index in [1.165, 1.54) is 0 Å². The number of rotatable bonds is 3. The zero-order chi connectivity index (χ0) is 13.1. The summed E-state index contributed by atoms with van der Waals surface area (Å²) in [5.74, 6) is 1.72. The summed E-state index contributed by atoms with van der Waals surface area (Å²) in [6, 6.07) is 3.42. The zero-order valence-corrected chi connectivity index (χ0v) is 11.0. The Kier molecular flexibility index (Phi) is 3.75. The molecule has 0 saturated carbocycles. The molecule has 1 aromatic rings. The van der Waals surface area contributed by atoms with Gasteiger partial charge in [0.1, 0.15) is 19.0 Å². The van der Waals surface area contributed by atoms with Crippen molar-refractivity contribution in [3.63, 3.8) is 0 Å².